The number of carbonyl (C=O) groups is 1. The highest BCUT2D eigenvalue weighted by molar-refractivity contribution is 5.69. The van der Waals surface area contributed by atoms with E-state index < -0.39 is 5.60 Å². The predicted molar refractivity (Wildman–Crippen MR) is 132 cm³/mol. The molecule has 9 nitrogen and oxygen atoms in total. The third kappa shape index (κ3) is 4.54. The fourth-order valence-electron chi connectivity index (χ4n) is 4.94. The fourth-order valence-corrected chi connectivity index (χ4v) is 4.94. The lowest BCUT2D eigenvalue weighted by atomic mass is 9.82. The highest BCUT2D eigenvalue weighted by Crippen LogP contribution is 2.44. The van der Waals surface area contributed by atoms with Crippen LogP contribution >= 0.6 is 0 Å². The molecule has 2 aliphatic heterocycles. The van der Waals surface area contributed by atoms with Crippen molar-refractivity contribution in [3.63, 3.8) is 0 Å². The first-order chi connectivity index (χ1) is 16.6. The van der Waals surface area contributed by atoms with Gasteiger partial charge in [-0.3, -0.25) is 9.67 Å². The van der Waals surface area contributed by atoms with E-state index in [9.17, 15) is 4.79 Å². The van der Waals surface area contributed by atoms with Crippen LogP contribution in [0.3, 0.4) is 0 Å². The van der Waals surface area contributed by atoms with Crippen LogP contribution in [0.1, 0.15) is 57.9 Å². The molecule has 2 N–H and O–H groups in total. The number of nitrogens with two attached hydrogens (primary N) is 1. The van der Waals surface area contributed by atoms with Gasteiger partial charge >= 0.3 is 6.09 Å². The maximum atomic E-state index is 12.6. The van der Waals surface area contributed by atoms with Gasteiger partial charge in [0.25, 0.3) is 0 Å². The second-order valence-electron chi connectivity index (χ2n) is 10.5. The second-order valence-corrected chi connectivity index (χ2v) is 10.5. The average Bonchev–Trinajstić information content (AvgIpc) is 3.52. The first-order valence-corrected chi connectivity index (χ1v) is 12.0. The molecule has 2 unspecified atom stereocenters. The van der Waals surface area contributed by atoms with E-state index in [-0.39, 0.29) is 17.6 Å². The third-order valence-electron chi connectivity index (χ3n) is 6.77. The quantitative estimate of drug-likeness (QED) is 0.596. The van der Waals surface area contributed by atoms with Crippen molar-refractivity contribution < 1.29 is 14.3 Å². The number of aryl methyl sites for hydroxylation is 1. The molecule has 2 aliphatic rings. The van der Waals surface area contributed by atoms with E-state index in [2.05, 4.69) is 20.7 Å². The highest BCUT2D eigenvalue weighted by Gasteiger charge is 2.47. The minimum absolute atomic E-state index is 0.0997. The van der Waals surface area contributed by atoms with E-state index in [4.69, 9.17) is 20.3 Å². The number of nitrogens with zero attached hydrogens (tertiary/aromatic N) is 5. The van der Waals surface area contributed by atoms with E-state index in [1.807, 2.05) is 50.8 Å². The number of rotatable bonds is 4. The number of aromatic nitrogens is 4. The summed E-state index contributed by atoms with van der Waals surface area (Å²) < 4.78 is 13.8. The summed E-state index contributed by atoms with van der Waals surface area (Å²) in [6, 6.07) is 7.85. The van der Waals surface area contributed by atoms with Crippen LogP contribution in [-0.4, -0.2) is 49.4 Å². The van der Waals surface area contributed by atoms with Crippen molar-refractivity contribution in [1.29, 1.82) is 0 Å². The normalized spacial score (nSPS) is 20.2. The molecule has 0 radical (unpaired) electrons. The highest BCUT2D eigenvalue weighted by atomic mass is 16.6. The van der Waals surface area contributed by atoms with Crippen LogP contribution in [0.15, 0.2) is 42.9 Å². The molecule has 0 bridgehead atoms. The van der Waals surface area contributed by atoms with Gasteiger partial charge in [-0.25, -0.2) is 9.78 Å². The zero-order chi connectivity index (χ0) is 24.8. The Bertz CT molecular complexity index is 1240. The second kappa shape index (κ2) is 8.55. The van der Waals surface area contributed by atoms with E-state index >= 15 is 0 Å². The predicted octanol–water partition coefficient (Wildman–Crippen LogP) is 4.34. The van der Waals surface area contributed by atoms with Gasteiger partial charge in [0.05, 0.1) is 5.69 Å². The number of fused-ring (bicyclic) bond motifs is 2. The van der Waals surface area contributed by atoms with Crippen LogP contribution in [0.5, 0.6) is 5.75 Å². The van der Waals surface area contributed by atoms with Gasteiger partial charge < -0.3 is 20.1 Å². The van der Waals surface area contributed by atoms with Gasteiger partial charge in [-0.1, -0.05) is 6.07 Å². The number of anilines is 1. The molecule has 0 saturated carbocycles. The number of amides is 1. The Morgan fingerprint density at radius 1 is 1.20 bits per heavy atom. The Labute approximate surface area is 205 Å². The largest absolute Gasteiger partial charge is 0.482 e. The molecule has 1 fully saturated rings. The standard InChI is InChI=1S/C26H32N6O3/c1-17(18-6-5-9-28-14-18)34-21-12-19(15-29-23(21)27)20-13-22-26(8-11-32(22)30-20)7-10-31(16-26)24(33)35-25(2,3)4/h5-6,9,12-15,17H,7-8,10-11,16H2,1-4H3,(H2,27,29). The summed E-state index contributed by atoms with van der Waals surface area (Å²) in [4.78, 5) is 23.0. The maximum Gasteiger partial charge on any atom is 0.410 e. The van der Waals surface area contributed by atoms with Crippen LogP contribution in [0.4, 0.5) is 10.6 Å². The zero-order valence-corrected chi connectivity index (χ0v) is 20.7. The smallest absolute Gasteiger partial charge is 0.410 e. The van der Waals surface area contributed by atoms with E-state index in [1.54, 1.807) is 18.6 Å². The summed E-state index contributed by atoms with van der Waals surface area (Å²) >= 11 is 0. The van der Waals surface area contributed by atoms with E-state index in [1.165, 1.54) is 0 Å². The van der Waals surface area contributed by atoms with Gasteiger partial charge in [0, 0.05) is 60.5 Å². The van der Waals surface area contributed by atoms with Gasteiger partial charge in [0.2, 0.25) is 0 Å². The summed E-state index contributed by atoms with van der Waals surface area (Å²) in [6.45, 7) is 9.78. The number of pyridine rings is 2. The molecule has 184 valence electrons. The summed E-state index contributed by atoms with van der Waals surface area (Å²) in [5, 5.41) is 4.85. The zero-order valence-electron chi connectivity index (χ0n) is 20.7. The molecule has 0 aromatic carbocycles. The third-order valence-corrected chi connectivity index (χ3v) is 6.77. The van der Waals surface area contributed by atoms with Crippen molar-refractivity contribution in [2.24, 2.45) is 0 Å². The molecule has 1 amide bonds. The molecule has 5 heterocycles. The van der Waals surface area contributed by atoms with Crippen LogP contribution < -0.4 is 10.5 Å². The Hall–Kier alpha value is -3.62. The maximum absolute atomic E-state index is 12.6. The number of carbonyl (C=O) groups excluding carboxylic acids is 1. The van der Waals surface area contributed by atoms with Crippen LogP contribution in [0.2, 0.25) is 0 Å². The van der Waals surface area contributed by atoms with Gasteiger partial charge in [-0.2, -0.15) is 5.10 Å². The van der Waals surface area contributed by atoms with Crippen molar-refractivity contribution in [2.75, 3.05) is 18.8 Å². The minimum Gasteiger partial charge on any atom is -0.482 e. The van der Waals surface area contributed by atoms with Crippen LogP contribution in [-0.2, 0) is 16.7 Å². The molecule has 3 aromatic rings. The Balaban J connectivity index is 1.36. The molecule has 5 rings (SSSR count). The number of nitrogen functional groups attached to an aromatic ring is 1. The van der Waals surface area contributed by atoms with Gasteiger partial charge in [0.15, 0.2) is 11.6 Å². The van der Waals surface area contributed by atoms with Crippen LogP contribution in [0, 0.1) is 0 Å². The van der Waals surface area contributed by atoms with E-state index in [0.717, 1.165) is 41.9 Å². The monoisotopic (exact) mass is 476 g/mol. The first kappa shape index (κ1) is 23.1. The Kier molecular flexibility index (Phi) is 5.65. The van der Waals surface area contributed by atoms with E-state index in [0.29, 0.717) is 24.7 Å². The van der Waals surface area contributed by atoms with Gasteiger partial charge in [-0.05, 0) is 58.7 Å². The number of hydrogen-bond donors (Lipinski definition) is 1. The van der Waals surface area contributed by atoms with Gasteiger partial charge in [-0.15, -0.1) is 0 Å². The summed E-state index contributed by atoms with van der Waals surface area (Å²) in [5.74, 6) is 0.843. The molecular formula is C26H32N6O3. The van der Waals surface area contributed by atoms with Crippen molar-refractivity contribution in [3.8, 4) is 17.0 Å². The lowest BCUT2D eigenvalue weighted by Gasteiger charge is -2.26. The molecule has 1 saturated heterocycles. The first-order valence-electron chi connectivity index (χ1n) is 12.0. The molecule has 9 heteroatoms. The molecule has 2 atom stereocenters. The topological polar surface area (TPSA) is 108 Å². The average molecular weight is 477 g/mol. The molecule has 3 aromatic heterocycles. The lowest BCUT2D eigenvalue weighted by Crippen LogP contribution is -2.37. The summed E-state index contributed by atoms with van der Waals surface area (Å²) in [7, 11) is 0. The van der Waals surface area contributed by atoms with Crippen LogP contribution in [0.25, 0.3) is 11.3 Å². The Morgan fingerprint density at radius 3 is 2.74 bits per heavy atom. The van der Waals surface area contributed by atoms with Crippen molar-refractivity contribution in [2.45, 2.75) is 64.2 Å². The molecule has 35 heavy (non-hydrogen) atoms. The van der Waals surface area contributed by atoms with Crippen molar-refractivity contribution in [1.82, 2.24) is 24.6 Å². The summed E-state index contributed by atoms with van der Waals surface area (Å²) in [5.41, 5.74) is 9.28. The van der Waals surface area contributed by atoms with Crippen molar-refractivity contribution >= 4 is 11.9 Å². The molecule has 1 spiro atoms. The minimum atomic E-state index is -0.506. The molecule has 0 aliphatic carbocycles. The SMILES string of the molecule is CC(Oc1cc(-c2cc3n(n2)CCC32CCN(C(=O)OC(C)(C)C)C2)cnc1N)c1cccnc1. The number of ether oxygens (including phenoxy) is 2. The molecular weight excluding hydrogens is 444 g/mol. The lowest BCUT2D eigenvalue weighted by molar-refractivity contribution is 0.0284. The fraction of sp³-hybridized carbons (Fsp3) is 0.462. The summed E-state index contributed by atoms with van der Waals surface area (Å²) in [6.07, 6.45) is 6.62. The number of likely N-dealkylation sites (tertiary alicyclic amines) is 1. The van der Waals surface area contributed by atoms with Gasteiger partial charge in [0.1, 0.15) is 11.7 Å². The Morgan fingerprint density at radius 2 is 2.00 bits per heavy atom. The number of hydrogen-bond acceptors (Lipinski definition) is 7. The van der Waals surface area contributed by atoms with Crippen molar-refractivity contribution in [3.05, 3.63) is 54.1 Å².